The topological polar surface area (TPSA) is 37.3 Å². The molecular weight excluding hydrogens is 208 g/mol. The van der Waals surface area contributed by atoms with Gasteiger partial charge in [0.05, 0.1) is 6.42 Å². The van der Waals surface area contributed by atoms with E-state index in [1.165, 1.54) is 15.3 Å². The quantitative estimate of drug-likeness (QED) is 0.838. The Balaban J connectivity index is 2.39. The molecule has 0 radical (unpaired) electrons. The lowest BCUT2D eigenvalue weighted by Gasteiger charge is -2.32. The molecule has 1 N–H and O–H groups in total. The molecule has 1 aromatic rings. The summed E-state index contributed by atoms with van der Waals surface area (Å²) in [7, 11) is 0. The molecule has 0 spiro atoms. The lowest BCUT2D eigenvalue weighted by molar-refractivity contribution is -0.138. The highest BCUT2D eigenvalue weighted by atomic mass is 32.1. The van der Waals surface area contributed by atoms with Gasteiger partial charge >= 0.3 is 5.97 Å². The largest absolute Gasteiger partial charge is 0.481 e. The van der Waals surface area contributed by atoms with Gasteiger partial charge < -0.3 is 5.11 Å². The van der Waals surface area contributed by atoms with Crippen molar-refractivity contribution in [3.05, 3.63) is 21.4 Å². The van der Waals surface area contributed by atoms with Gasteiger partial charge in [-0.15, -0.1) is 11.3 Å². The summed E-state index contributed by atoms with van der Waals surface area (Å²) in [6.07, 6.45) is 3.51. The average molecular weight is 224 g/mol. The van der Waals surface area contributed by atoms with Crippen LogP contribution in [0.3, 0.4) is 0 Å². The Bertz CT molecular complexity index is 394. The van der Waals surface area contributed by atoms with Gasteiger partial charge in [0.1, 0.15) is 0 Å². The molecule has 0 bridgehead atoms. The average Bonchev–Trinajstić information content (AvgIpc) is 2.45. The maximum absolute atomic E-state index is 10.9. The molecule has 0 aromatic carbocycles. The van der Waals surface area contributed by atoms with Gasteiger partial charge in [0.2, 0.25) is 0 Å². The molecule has 0 aliphatic heterocycles. The van der Waals surface area contributed by atoms with Crippen LogP contribution in [0.25, 0.3) is 0 Å². The molecule has 0 saturated heterocycles. The number of rotatable bonds is 2. The molecule has 1 atom stereocenters. The number of carboxylic acids is 1. The number of carboxylic acid groups (broad SMARTS) is 1. The summed E-state index contributed by atoms with van der Waals surface area (Å²) < 4.78 is 0. The first-order valence-corrected chi connectivity index (χ1v) is 6.14. The Morgan fingerprint density at radius 2 is 2.40 bits per heavy atom. The van der Waals surface area contributed by atoms with E-state index in [1.54, 1.807) is 0 Å². The SMILES string of the molecule is Cc1cc2c(s1)CCCC2(C)CC(=O)O. The molecule has 82 valence electrons. The highest BCUT2D eigenvalue weighted by molar-refractivity contribution is 7.12. The number of thiophene rings is 1. The molecule has 0 amide bonds. The molecular formula is C12H16O2S. The third-order valence-electron chi connectivity index (χ3n) is 3.26. The van der Waals surface area contributed by atoms with E-state index in [9.17, 15) is 4.79 Å². The zero-order chi connectivity index (χ0) is 11.1. The molecule has 0 saturated carbocycles. The number of carbonyl (C=O) groups is 1. The maximum atomic E-state index is 10.9. The first kappa shape index (κ1) is 10.7. The van der Waals surface area contributed by atoms with Gasteiger partial charge in [-0.25, -0.2) is 0 Å². The highest BCUT2D eigenvalue weighted by Gasteiger charge is 2.35. The van der Waals surface area contributed by atoms with Gasteiger partial charge in [0.15, 0.2) is 0 Å². The van der Waals surface area contributed by atoms with Crippen molar-refractivity contribution in [3.63, 3.8) is 0 Å². The van der Waals surface area contributed by atoms with Crippen molar-refractivity contribution in [1.29, 1.82) is 0 Å². The zero-order valence-electron chi connectivity index (χ0n) is 9.17. The van der Waals surface area contributed by atoms with E-state index >= 15 is 0 Å². The van der Waals surface area contributed by atoms with Crippen LogP contribution in [0.15, 0.2) is 6.07 Å². The maximum Gasteiger partial charge on any atom is 0.304 e. The molecule has 1 aromatic heterocycles. The lowest BCUT2D eigenvalue weighted by atomic mass is 9.72. The summed E-state index contributed by atoms with van der Waals surface area (Å²) in [5, 5.41) is 8.97. The zero-order valence-corrected chi connectivity index (χ0v) is 9.99. The van der Waals surface area contributed by atoms with Crippen LogP contribution in [0.5, 0.6) is 0 Å². The molecule has 1 aliphatic rings. The van der Waals surface area contributed by atoms with Crippen molar-refractivity contribution >= 4 is 17.3 Å². The van der Waals surface area contributed by atoms with E-state index < -0.39 is 5.97 Å². The number of hydrogen-bond donors (Lipinski definition) is 1. The molecule has 1 unspecified atom stereocenters. The summed E-state index contributed by atoms with van der Waals surface area (Å²) in [5.74, 6) is -0.686. The Labute approximate surface area is 93.9 Å². The van der Waals surface area contributed by atoms with Crippen molar-refractivity contribution < 1.29 is 9.90 Å². The Kier molecular flexibility index (Phi) is 2.59. The fourth-order valence-corrected chi connectivity index (χ4v) is 3.78. The third kappa shape index (κ3) is 1.93. The van der Waals surface area contributed by atoms with E-state index in [0.717, 1.165) is 19.3 Å². The Hall–Kier alpha value is -0.830. The van der Waals surface area contributed by atoms with Crippen molar-refractivity contribution in [3.8, 4) is 0 Å². The number of hydrogen-bond acceptors (Lipinski definition) is 2. The van der Waals surface area contributed by atoms with E-state index in [-0.39, 0.29) is 11.8 Å². The van der Waals surface area contributed by atoms with Crippen LogP contribution in [-0.2, 0) is 16.6 Å². The van der Waals surface area contributed by atoms with Gasteiger partial charge in [-0.1, -0.05) is 6.92 Å². The third-order valence-corrected chi connectivity index (χ3v) is 4.37. The fourth-order valence-electron chi connectivity index (χ4n) is 2.55. The Morgan fingerprint density at radius 3 is 3.07 bits per heavy atom. The number of aliphatic carboxylic acids is 1. The first-order valence-electron chi connectivity index (χ1n) is 5.33. The normalized spacial score (nSPS) is 24.9. The van der Waals surface area contributed by atoms with Crippen LogP contribution in [0.4, 0.5) is 0 Å². The lowest BCUT2D eigenvalue weighted by Crippen LogP contribution is -2.29. The second-order valence-corrected chi connectivity index (χ2v) is 6.02. The molecule has 2 rings (SSSR count). The fraction of sp³-hybridized carbons (Fsp3) is 0.583. The molecule has 3 heteroatoms. The van der Waals surface area contributed by atoms with E-state index in [0.29, 0.717) is 0 Å². The molecule has 15 heavy (non-hydrogen) atoms. The summed E-state index contributed by atoms with van der Waals surface area (Å²) >= 11 is 1.83. The molecule has 1 heterocycles. The molecule has 0 fully saturated rings. The second kappa shape index (κ2) is 3.63. The van der Waals surface area contributed by atoms with Gasteiger partial charge in [-0.05, 0) is 37.8 Å². The summed E-state index contributed by atoms with van der Waals surface area (Å²) in [4.78, 5) is 13.6. The highest BCUT2D eigenvalue weighted by Crippen LogP contribution is 2.43. The van der Waals surface area contributed by atoms with Crippen LogP contribution in [-0.4, -0.2) is 11.1 Å². The Morgan fingerprint density at radius 1 is 1.67 bits per heavy atom. The standard InChI is InChI=1S/C12H16O2S/c1-8-6-9-10(15-8)4-3-5-12(9,2)7-11(13)14/h6H,3-5,7H2,1-2H3,(H,13,14). The monoisotopic (exact) mass is 224 g/mol. The van der Waals surface area contributed by atoms with E-state index in [4.69, 9.17) is 5.11 Å². The summed E-state index contributed by atoms with van der Waals surface area (Å²) in [5.41, 5.74) is 1.16. The van der Waals surface area contributed by atoms with Gasteiger partial charge in [-0.2, -0.15) is 0 Å². The van der Waals surface area contributed by atoms with Gasteiger partial charge in [0.25, 0.3) is 0 Å². The van der Waals surface area contributed by atoms with Crippen molar-refractivity contribution in [2.45, 2.75) is 44.9 Å². The summed E-state index contributed by atoms with van der Waals surface area (Å²) in [6, 6.07) is 2.18. The van der Waals surface area contributed by atoms with Crippen molar-refractivity contribution in [2.24, 2.45) is 0 Å². The van der Waals surface area contributed by atoms with E-state index in [1.807, 2.05) is 11.3 Å². The molecule has 2 nitrogen and oxygen atoms in total. The minimum absolute atomic E-state index is 0.135. The first-order chi connectivity index (χ1) is 7.01. The second-order valence-electron chi connectivity index (χ2n) is 4.68. The predicted molar refractivity (Wildman–Crippen MR) is 61.6 cm³/mol. The van der Waals surface area contributed by atoms with Crippen LogP contribution >= 0.6 is 11.3 Å². The smallest absolute Gasteiger partial charge is 0.304 e. The van der Waals surface area contributed by atoms with Crippen molar-refractivity contribution in [1.82, 2.24) is 0 Å². The number of fused-ring (bicyclic) bond motifs is 1. The van der Waals surface area contributed by atoms with Crippen LogP contribution in [0.2, 0.25) is 0 Å². The van der Waals surface area contributed by atoms with Gasteiger partial charge in [-0.3, -0.25) is 4.79 Å². The van der Waals surface area contributed by atoms with Crippen LogP contribution in [0, 0.1) is 6.92 Å². The van der Waals surface area contributed by atoms with Gasteiger partial charge in [0, 0.05) is 15.2 Å². The van der Waals surface area contributed by atoms with Crippen LogP contribution < -0.4 is 0 Å². The van der Waals surface area contributed by atoms with Crippen LogP contribution in [0.1, 0.15) is 41.5 Å². The summed E-state index contributed by atoms with van der Waals surface area (Å²) in [6.45, 7) is 4.19. The molecule has 1 aliphatic carbocycles. The minimum Gasteiger partial charge on any atom is -0.481 e. The number of aryl methyl sites for hydroxylation is 2. The predicted octanol–water partition coefficient (Wildman–Crippen LogP) is 3.13. The minimum atomic E-state index is -0.686. The van der Waals surface area contributed by atoms with Crippen molar-refractivity contribution in [2.75, 3.05) is 0 Å². The van der Waals surface area contributed by atoms with E-state index in [2.05, 4.69) is 19.9 Å².